The topological polar surface area (TPSA) is 82.1 Å². The van der Waals surface area contributed by atoms with Crippen LogP contribution >= 0.6 is 0 Å². The Kier molecular flexibility index (Phi) is 8.04. The van der Waals surface area contributed by atoms with Crippen molar-refractivity contribution >= 4 is 16.0 Å². The van der Waals surface area contributed by atoms with Crippen LogP contribution in [0.1, 0.15) is 25.8 Å². The van der Waals surface area contributed by atoms with E-state index in [0.29, 0.717) is 12.3 Å². The lowest BCUT2D eigenvalue weighted by Gasteiger charge is -2.28. The minimum Gasteiger partial charge on any atom is -0.497 e. The Morgan fingerprint density at radius 1 is 1.07 bits per heavy atom. The van der Waals surface area contributed by atoms with E-state index in [1.807, 2.05) is 19.9 Å². The van der Waals surface area contributed by atoms with Crippen LogP contribution in [0.5, 0.6) is 11.5 Å². The van der Waals surface area contributed by atoms with Gasteiger partial charge in [0.2, 0.25) is 5.91 Å². The Bertz CT molecular complexity index is 911. The molecule has 8 heteroatoms. The lowest BCUT2D eigenvalue weighted by Crippen LogP contribution is -2.39. The van der Waals surface area contributed by atoms with Gasteiger partial charge in [0.05, 0.1) is 7.11 Å². The first-order valence-corrected chi connectivity index (χ1v) is 10.7. The first-order chi connectivity index (χ1) is 13.8. The SMILES string of the molecule is CC[C@@H](C)N(Cc1cccc(OS(=O)(=O)c2ccc(OC)cc2)c1)C(=O)COC. The molecule has 2 aromatic carbocycles. The van der Waals surface area contributed by atoms with Crippen molar-refractivity contribution in [2.24, 2.45) is 0 Å². The monoisotopic (exact) mass is 421 g/mol. The molecule has 158 valence electrons. The molecular formula is C21H27NO6S. The van der Waals surface area contributed by atoms with Gasteiger partial charge in [0, 0.05) is 19.7 Å². The van der Waals surface area contributed by atoms with Crippen LogP contribution in [0, 0.1) is 0 Å². The van der Waals surface area contributed by atoms with Crippen molar-refractivity contribution in [1.29, 1.82) is 0 Å². The second-order valence-electron chi connectivity index (χ2n) is 6.57. The number of carbonyl (C=O) groups excluding carboxylic acids is 1. The Balaban J connectivity index is 2.20. The summed E-state index contributed by atoms with van der Waals surface area (Å²) in [7, 11) is -1.00. The van der Waals surface area contributed by atoms with Gasteiger partial charge in [-0.05, 0) is 55.3 Å². The Morgan fingerprint density at radius 2 is 1.76 bits per heavy atom. The van der Waals surface area contributed by atoms with Crippen LogP contribution in [-0.2, 0) is 26.2 Å². The van der Waals surface area contributed by atoms with Crippen molar-refractivity contribution in [3.8, 4) is 11.5 Å². The second kappa shape index (κ2) is 10.3. The van der Waals surface area contributed by atoms with Crippen LogP contribution in [0.2, 0.25) is 0 Å². The number of amides is 1. The third-order valence-corrected chi connectivity index (χ3v) is 5.78. The van der Waals surface area contributed by atoms with Crippen LogP contribution in [-0.4, -0.2) is 46.1 Å². The highest BCUT2D eigenvalue weighted by molar-refractivity contribution is 7.87. The third-order valence-electron chi connectivity index (χ3n) is 4.52. The summed E-state index contributed by atoms with van der Waals surface area (Å²) in [6.45, 7) is 4.28. The standard InChI is InChI=1S/C21H27NO6S/c1-5-16(2)22(21(23)15-26-3)14-17-7-6-8-19(13-17)28-29(24,25)20-11-9-18(27-4)10-12-20/h6-13,16H,5,14-15H2,1-4H3/t16-/m1/s1. The molecule has 2 aromatic rings. The molecule has 0 heterocycles. The number of hydrogen-bond acceptors (Lipinski definition) is 6. The maximum atomic E-state index is 12.5. The number of carbonyl (C=O) groups is 1. The zero-order chi connectivity index (χ0) is 21.4. The summed E-state index contributed by atoms with van der Waals surface area (Å²) >= 11 is 0. The summed E-state index contributed by atoms with van der Waals surface area (Å²) in [5.74, 6) is 0.609. The number of methoxy groups -OCH3 is 2. The molecule has 1 atom stereocenters. The highest BCUT2D eigenvalue weighted by Gasteiger charge is 2.20. The van der Waals surface area contributed by atoms with Gasteiger partial charge in [0.1, 0.15) is 23.0 Å². The number of benzene rings is 2. The molecule has 0 spiro atoms. The predicted octanol–water partition coefficient (Wildman–Crippen LogP) is 3.24. The van der Waals surface area contributed by atoms with Gasteiger partial charge in [-0.15, -0.1) is 0 Å². The van der Waals surface area contributed by atoms with E-state index in [1.165, 1.54) is 26.4 Å². The van der Waals surface area contributed by atoms with Crippen molar-refractivity contribution in [3.63, 3.8) is 0 Å². The van der Waals surface area contributed by atoms with Gasteiger partial charge in [-0.3, -0.25) is 4.79 Å². The van der Waals surface area contributed by atoms with Crippen LogP contribution in [0.25, 0.3) is 0 Å². The lowest BCUT2D eigenvalue weighted by molar-refractivity contribution is -0.138. The number of hydrogen-bond donors (Lipinski definition) is 0. The molecule has 0 unspecified atom stereocenters. The van der Waals surface area contributed by atoms with E-state index in [1.54, 1.807) is 35.2 Å². The van der Waals surface area contributed by atoms with Crippen molar-refractivity contribution in [3.05, 3.63) is 54.1 Å². The van der Waals surface area contributed by atoms with E-state index in [2.05, 4.69) is 0 Å². The number of rotatable bonds is 10. The quantitative estimate of drug-likeness (QED) is 0.548. The van der Waals surface area contributed by atoms with Gasteiger partial charge < -0.3 is 18.6 Å². The minimum absolute atomic E-state index is 0.00756. The molecule has 0 bridgehead atoms. The molecule has 29 heavy (non-hydrogen) atoms. The molecule has 0 saturated carbocycles. The predicted molar refractivity (Wildman–Crippen MR) is 109 cm³/mol. The van der Waals surface area contributed by atoms with Crippen molar-refractivity contribution in [1.82, 2.24) is 4.90 Å². The Hall–Kier alpha value is -2.58. The van der Waals surface area contributed by atoms with Gasteiger partial charge in [-0.25, -0.2) is 0 Å². The fourth-order valence-corrected chi connectivity index (χ4v) is 3.65. The normalized spacial score (nSPS) is 12.3. The summed E-state index contributed by atoms with van der Waals surface area (Å²) in [6, 6.07) is 12.7. The lowest BCUT2D eigenvalue weighted by atomic mass is 10.1. The van der Waals surface area contributed by atoms with E-state index in [4.69, 9.17) is 13.7 Å². The summed E-state index contributed by atoms with van der Waals surface area (Å²) in [5, 5.41) is 0. The summed E-state index contributed by atoms with van der Waals surface area (Å²) in [4.78, 5) is 14.1. The molecule has 7 nitrogen and oxygen atoms in total. The summed E-state index contributed by atoms with van der Waals surface area (Å²) < 4.78 is 40.4. The van der Waals surface area contributed by atoms with Crippen LogP contribution in [0.3, 0.4) is 0 Å². The number of nitrogens with zero attached hydrogens (tertiary/aromatic N) is 1. The molecule has 0 aliphatic heterocycles. The molecule has 0 radical (unpaired) electrons. The van der Waals surface area contributed by atoms with Crippen LogP contribution in [0.4, 0.5) is 0 Å². The molecule has 0 aliphatic carbocycles. The first-order valence-electron chi connectivity index (χ1n) is 9.26. The smallest absolute Gasteiger partial charge is 0.339 e. The Morgan fingerprint density at radius 3 is 2.34 bits per heavy atom. The third kappa shape index (κ3) is 6.20. The fourth-order valence-electron chi connectivity index (χ4n) is 2.73. The fraction of sp³-hybridized carbons (Fsp3) is 0.381. The highest BCUT2D eigenvalue weighted by atomic mass is 32.2. The van der Waals surface area contributed by atoms with Crippen LogP contribution < -0.4 is 8.92 Å². The summed E-state index contributed by atoms with van der Waals surface area (Å²) in [5.41, 5.74) is 0.761. The van der Waals surface area contributed by atoms with Crippen molar-refractivity contribution < 1.29 is 26.9 Å². The largest absolute Gasteiger partial charge is 0.497 e. The van der Waals surface area contributed by atoms with Gasteiger partial charge in [0.25, 0.3) is 0 Å². The van der Waals surface area contributed by atoms with Gasteiger partial charge >= 0.3 is 10.1 Å². The molecule has 0 aliphatic rings. The maximum Gasteiger partial charge on any atom is 0.339 e. The minimum atomic E-state index is -3.99. The first kappa shape index (κ1) is 22.7. The van der Waals surface area contributed by atoms with E-state index in [0.717, 1.165) is 12.0 Å². The molecule has 1 amide bonds. The van der Waals surface area contributed by atoms with Crippen LogP contribution in [0.15, 0.2) is 53.4 Å². The summed E-state index contributed by atoms with van der Waals surface area (Å²) in [6.07, 6.45) is 0.789. The molecule has 0 saturated heterocycles. The molecular weight excluding hydrogens is 394 g/mol. The average Bonchev–Trinajstić information content (AvgIpc) is 2.71. The van der Waals surface area contributed by atoms with Gasteiger partial charge in [0.15, 0.2) is 0 Å². The van der Waals surface area contributed by atoms with E-state index in [9.17, 15) is 13.2 Å². The van der Waals surface area contributed by atoms with E-state index in [-0.39, 0.29) is 29.2 Å². The maximum absolute atomic E-state index is 12.5. The number of ether oxygens (including phenoxy) is 2. The average molecular weight is 422 g/mol. The van der Waals surface area contributed by atoms with E-state index >= 15 is 0 Å². The van der Waals surface area contributed by atoms with Crippen molar-refractivity contribution in [2.45, 2.75) is 37.8 Å². The van der Waals surface area contributed by atoms with Gasteiger partial charge in [-0.2, -0.15) is 8.42 Å². The van der Waals surface area contributed by atoms with Gasteiger partial charge in [-0.1, -0.05) is 19.1 Å². The zero-order valence-electron chi connectivity index (χ0n) is 17.1. The molecule has 2 rings (SSSR count). The van der Waals surface area contributed by atoms with Crippen molar-refractivity contribution in [2.75, 3.05) is 20.8 Å². The second-order valence-corrected chi connectivity index (χ2v) is 8.12. The zero-order valence-corrected chi connectivity index (χ0v) is 17.9. The molecule has 0 N–H and O–H groups in total. The van der Waals surface area contributed by atoms with E-state index < -0.39 is 10.1 Å². The highest BCUT2D eigenvalue weighted by Crippen LogP contribution is 2.23. The molecule has 0 aromatic heterocycles. The Labute approximate surface area is 172 Å². The molecule has 0 fully saturated rings.